The number of piperidine rings is 1. The number of nitrogens with zero attached hydrogens (tertiary/aromatic N) is 2. The summed E-state index contributed by atoms with van der Waals surface area (Å²) in [5, 5.41) is 11.8. The van der Waals surface area contributed by atoms with Gasteiger partial charge in [-0.1, -0.05) is 13.3 Å². The maximum atomic E-state index is 11.7. The summed E-state index contributed by atoms with van der Waals surface area (Å²) >= 11 is 0. The summed E-state index contributed by atoms with van der Waals surface area (Å²) in [5.74, 6) is 0.0238. The first-order chi connectivity index (χ1) is 8.17. The lowest BCUT2D eigenvalue weighted by Gasteiger charge is -2.29. The quantitative estimate of drug-likeness (QED) is 0.786. The minimum Gasteiger partial charge on any atom is -0.355 e. The predicted molar refractivity (Wildman–Crippen MR) is 67.2 cm³/mol. The molecule has 0 bridgehead atoms. The van der Waals surface area contributed by atoms with Gasteiger partial charge in [-0.3, -0.25) is 4.79 Å². The number of nitriles is 1. The van der Waals surface area contributed by atoms with Crippen molar-refractivity contribution in [3.8, 4) is 6.07 Å². The van der Waals surface area contributed by atoms with Gasteiger partial charge in [-0.2, -0.15) is 5.26 Å². The highest BCUT2D eigenvalue weighted by atomic mass is 16.1. The summed E-state index contributed by atoms with van der Waals surface area (Å²) in [6, 6.07) is 2.08. The van der Waals surface area contributed by atoms with E-state index in [9.17, 15) is 4.79 Å². The first-order valence-corrected chi connectivity index (χ1v) is 6.53. The van der Waals surface area contributed by atoms with Crippen LogP contribution in [-0.4, -0.2) is 37.5 Å². The lowest BCUT2D eigenvalue weighted by Crippen LogP contribution is -2.38. The van der Waals surface area contributed by atoms with Gasteiger partial charge in [0, 0.05) is 6.54 Å². The number of nitrogens with one attached hydrogen (secondary N) is 1. The van der Waals surface area contributed by atoms with Crippen molar-refractivity contribution in [2.24, 2.45) is 11.8 Å². The standard InChI is InChI=1S/C13H23N3O/c1-3-4-12(9-14)13(17)15-10-11-5-7-16(2)8-6-11/h11-12H,3-8,10H2,1-2H3,(H,15,17). The molecule has 1 aliphatic rings. The topological polar surface area (TPSA) is 56.1 Å². The first kappa shape index (κ1) is 14.0. The van der Waals surface area contributed by atoms with Gasteiger partial charge < -0.3 is 10.2 Å². The monoisotopic (exact) mass is 237 g/mol. The molecule has 1 rings (SSSR count). The van der Waals surface area contributed by atoms with E-state index in [1.807, 2.05) is 6.92 Å². The van der Waals surface area contributed by atoms with Crippen LogP contribution in [-0.2, 0) is 4.79 Å². The molecule has 1 atom stereocenters. The smallest absolute Gasteiger partial charge is 0.237 e. The molecule has 4 heteroatoms. The Morgan fingerprint density at radius 1 is 1.53 bits per heavy atom. The van der Waals surface area contributed by atoms with Crippen molar-refractivity contribution in [3.05, 3.63) is 0 Å². The predicted octanol–water partition coefficient (Wildman–Crippen LogP) is 1.38. The van der Waals surface area contributed by atoms with E-state index in [2.05, 4.69) is 23.3 Å². The molecule has 0 aromatic rings. The molecule has 96 valence electrons. The van der Waals surface area contributed by atoms with Crippen molar-refractivity contribution in [1.82, 2.24) is 10.2 Å². The summed E-state index contributed by atoms with van der Waals surface area (Å²) in [5.41, 5.74) is 0. The van der Waals surface area contributed by atoms with Crippen molar-refractivity contribution < 1.29 is 4.79 Å². The van der Waals surface area contributed by atoms with Gasteiger partial charge in [-0.15, -0.1) is 0 Å². The van der Waals surface area contributed by atoms with Crippen molar-refractivity contribution >= 4 is 5.91 Å². The van der Waals surface area contributed by atoms with Gasteiger partial charge in [0.15, 0.2) is 0 Å². The summed E-state index contributed by atoms with van der Waals surface area (Å²) in [6.45, 7) is 4.94. The second-order valence-corrected chi connectivity index (χ2v) is 4.96. The van der Waals surface area contributed by atoms with Crippen molar-refractivity contribution in [1.29, 1.82) is 5.26 Å². The van der Waals surface area contributed by atoms with Crippen LogP contribution in [0.2, 0.25) is 0 Å². The fourth-order valence-corrected chi connectivity index (χ4v) is 2.18. The second kappa shape index (κ2) is 7.29. The highest BCUT2D eigenvalue weighted by Crippen LogP contribution is 2.15. The normalized spacial score (nSPS) is 19.6. The van der Waals surface area contributed by atoms with Crippen molar-refractivity contribution in [2.75, 3.05) is 26.7 Å². The SMILES string of the molecule is CCCC(C#N)C(=O)NCC1CCN(C)CC1. The number of amides is 1. The largest absolute Gasteiger partial charge is 0.355 e. The van der Waals surface area contributed by atoms with E-state index in [4.69, 9.17) is 5.26 Å². The molecule has 0 spiro atoms. The lowest BCUT2D eigenvalue weighted by atomic mass is 9.96. The molecule has 4 nitrogen and oxygen atoms in total. The van der Waals surface area contributed by atoms with Crippen LogP contribution in [0.15, 0.2) is 0 Å². The van der Waals surface area contributed by atoms with E-state index >= 15 is 0 Å². The maximum Gasteiger partial charge on any atom is 0.237 e. The highest BCUT2D eigenvalue weighted by Gasteiger charge is 2.20. The van der Waals surface area contributed by atoms with E-state index < -0.39 is 5.92 Å². The molecular weight excluding hydrogens is 214 g/mol. The van der Waals surface area contributed by atoms with Gasteiger partial charge in [0.2, 0.25) is 5.91 Å². The third-order valence-corrected chi connectivity index (χ3v) is 3.45. The number of carbonyl (C=O) groups excluding carboxylic acids is 1. The van der Waals surface area contributed by atoms with Gasteiger partial charge in [-0.05, 0) is 45.3 Å². The number of rotatable bonds is 5. The molecular formula is C13H23N3O. The molecule has 1 saturated heterocycles. The molecule has 0 aromatic carbocycles. The Kier molecular flexibility index (Phi) is 5.99. The average molecular weight is 237 g/mol. The second-order valence-electron chi connectivity index (χ2n) is 4.96. The van der Waals surface area contributed by atoms with Crippen LogP contribution < -0.4 is 5.32 Å². The van der Waals surface area contributed by atoms with Crippen LogP contribution in [0.5, 0.6) is 0 Å². The molecule has 0 saturated carbocycles. The zero-order valence-electron chi connectivity index (χ0n) is 10.9. The molecule has 0 aliphatic carbocycles. The average Bonchev–Trinajstić information content (AvgIpc) is 2.35. The van der Waals surface area contributed by atoms with Crippen LogP contribution in [0.3, 0.4) is 0 Å². The maximum absolute atomic E-state index is 11.7. The molecule has 1 unspecified atom stereocenters. The Balaban J connectivity index is 2.25. The minimum atomic E-state index is -0.466. The fraction of sp³-hybridized carbons (Fsp3) is 0.846. The number of likely N-dealkylation sites (tertiary alicyclic amines) is 1. The molecule has 17 heavy (non-hydrogen) atoms. The fourth-order valence-electron chi connectivity index (χ4n) is 2.18. The number of hydrogen-bond acceptors (Lipinski definition) is 3. The molecule has 0 radical (unpaired) electrons. The van der Waals surface area contributed by atoms with Gasteiger partial charge in [-0.25, -0.2) is 0 Å². The Labute approximate surface area is 104 Å². The van der Waals surface area contributed by atoms with E-state index in [0.29, 0.717) is 12.3 Å². The summed E-state index contributed by atoms with van der Waals surface area (Å²) in [7, 11) is 2.13. The Bertz CT molecular complexity index is 277. The van der Waals surface area contributed by atoms with E-state index in [1.54, 1.807) is 0 Å². The van der Waals surface area contributed by atoms with E-state index in [-0.39, 0.29) is 5.91 Å². The van der Waals surface area contributed by atoms with E-state index in [0.717, 1.165) is 38.9 Å². The molecule has 1 amide bonds. The molecule has 1 aliphatic heterocycles. The van der Waals surface area contributed by atoms with Gasteiger partial charge in [0.25, 0.3) is 0 Å². The third-order valence-electron chi connectivity index (χ3n) is 3.45. The summed E-state index contributed by atoms with van der Waals surface area (Å²) < 4.78 is 0. The zero-order valence-corrected chi connectivity index (χ0v) is 10.9. The minimum absolute atomic E-state index is 0.0896. The van der Waals surface area contributed by atoms with Crippen LogP contribution in [0, 0.1) is 23.2 Å². The van der Waals surface area contributed by atoms with Gasteiger partial charge in [0.05, 0.1) is 6.07 Å². The van der Waals surface area contributed by atoms with E-state index in [1.165, 1.54) is 0 Å². The van der Waals surface area contributed by atoms with Crippen LogP contribution >= 0.6 is 0 Å². The van der Waals surface area contributed by atoms with Crippen molar-refractivity contribution in [3.63, 3.8) is 0 Å². The van der Waals surface area contributed by atoms with Crippen LogP contribution in [0.25, 0.3) is 0 Å². The third kappa shape index (κ3) is 4.74. The van der Waals surface area contributed by atoms with Gasteiger partial charge >= 0.3 is 0 Å². The molecule has 1 heterocycles. The Hall–Kier alpha value is -1.08. The van der Waals surface area contributed by atoms with Crippen molar-refractivity contribution in [2.45, 2.75) is 32.6 Å². The Morgan fingerprint density at radius 2 is 2.18 bits per heavy atom. The first-order valence-electron chi connectivity index (χ1n) is 6.53. The van der Waals surface area contributed by atoms with Crippen LogP contribution in [0.4, 0.5) is 0 Å². The summed E-state index contributed by atoms with van der Waals surface area (Å²) in [4.78, 5) is 14.0. The molecule has 0 aromatic heterocycles. The van der Waals surface area contributed by atoms with Gasteiger partial charge in [0.1, 0.15) is 5.92 Å². The highest BCUT2D eigenvalue weighted by molar-refractivity contribution is 5.80. The molecule has 1 N–H and O–H groups in total. The zero-order chi connectivity index (χ0) is 12.7. The number of hydrogen-bond donors (Lipinski definition) is 1. The lowest BCUT2D eigenvalue weighted by molar-refractivity contribution is -0.123. The molecule has 1 fully saturated rings. The summed E-state index contributed by atoms with van der Waals surface area (Å²) in [6.07, 6.45) is 3.82. The Morgan fingerprint density at radius 3 is 2.71 bits per heavy atom. The van der Waals surface area contributed by atoms with Crippen LogP contribution in [0.1, 0.15) is 32.6 Å². The number of carbonyl (C=O) groups is 1.